The fourth-order valence-corrected chi connectivity index (χ4v) is 4.64. The van der Waals surface area contributed by atoms with Gasteiger partial charge < -0.3 is 0 Å². The van der Waals surface area contributed by atoms with Crippen molar-refractivity contribution in [3.63, 3.8) is 0 Å². The van der Waals surface area contributed by atoms with Crippen molar-refractivity contribution in [1.29, 1.82) is 0 Å². The van der Waals surface area contributed by atoms with Crippen LogP contribution in [0.2, 0.25) is 0 Å². The Morgan fingerprint density at radius 1 is 0.923 bits per heavy atom. The van der Waals surface area contributed by atoms with Gasteiger partial charge in [-0.25, -0.2) is 13.1 Å². The first-order valence-corrected chi connectivity index (χ1v) is 11.5. The summed E-state index contributed by atoms with van der Waals surface area (Å²) in [6.45, 7) is 3.58. The SMILES string of the molecule is O=S(=O)(Cc1ccc(Br)cc1)NCc1cccc(CN2CCCCC2)c1. The lowest BCUT2D eigenvalue weighted by atomic mass is 10.1. The van der Waals surface area contributed by atoms with Crippen LogP contribution in [0.4, 0.5) is 0 Å². The number of piperidine rings is 1. The van der Waals surface area contributed by atoms with Crippen molar-refractivity contribution < 1.29 is 8.42 Å². The summed E-state index contributed by atoms with van der Waals surface area (Å²) in [6.07, 6.45) is 3.88. The number of benzene rings is 2. The minimum atomic E-state index is -3.36. The molecule has 0 amide bonds. The molecule has 1 heterocycles. The van der Waals surface area contributed by atoms with Crippen LogP contribution in [0.1, 0.15) is 36.0 Å². The van der Waals surface area contributed by atoms with Gasteiger partial charge in [0.15, 0.2) is 0 Å². The molecule has 3 rings (SSSR count). The molecule has 4 nitrogen and oxygen atoms in total. The molecule has 26 heavy (non-hydrogen) atoms. The van der Waals surface area contributed by atoms with Gasteiger partial charge in [-0.1, -0.05) is 58.7 Å². The first kappa shape index (κ1) is 19.5. The van der Waals surface area contributed by atoms with Crippen LogP contribution in [0.15, 0.2) is 53.0 Å². The Balaban J connectivity index is 1.56. The van der Waals surface area contributed by atoms with Crippen molar-refractivity contribution >= 4 is 26.0 Å². The number of nitrogens with zero attached hydrogens (tertiary/aromatic N) is 1. The van der Waals surface area contributed by atoms with E-state index >= 15 is 0 Å². The highest BCUT2D eigenvalue weighted by atomic mass is 79.9. The fraction of sp³-hybridized carbons (Fsp3) is 0.400. The number of likely N-dealkylation sites (tertiary alicyclic amines) is 1. The molecule has 0 radical (unpaired) electrons. The number of rotatable bonds is 7. The second-order valence-electron chi connectivity index (χ2n) is 6.86. The molecule has 1 aliphatic heterocycles. The van der Waals surface area contributed by atoms with Crippen LogP contribution in [0.25, 0.3) is 0 Å². The molecule has 0 saturated carbocycles. The number of sulfonamides is 1. The van der Waals surface area contributed by atoms with Gasteiger partial charge in [0.25, 0.3) is 0 Å². The van der Waals surface area contributed by atoms with Gasteiger partial charge in [0, 0.05) is 17.6 Å². The molecular formula is C20H25BrN2O2S. The summed E-state index contributed by atoms with van der Waals surface area (Å²) in [7, 11) is -3.36. The van der Waals surface area contributed by atoms with E-state index in [1.165, 1.54) is 24.8 Å². The average molecular weight is 437 g/mol. The van der Waals surface area contributed by atoms with E-state index in [4.69, 9.17) is 0 Å². The minimum Gasteiger partial charge on any atom is -0.299 e. The highest BCUT2D eigenvalue weighted by Crippen LogP contribution is 2.15. The van der Waals surface area contributed by atoms with Crippen molar-refractivity contribution in [1.82, 2.24) is 9.62 Å². The standard InChI is InChI=1S/C20H25BrN2O2S/c21-20-9-7-17(8-10-20)16-26(24,25)22-14-18-5-4-6-19(13-18)15-23-11-2-1-3-12-23/h4-10,13,22H,1-3,11-12,14-16H2. The summed E-state index contributed by atoms with van der Waals surface area (Å²) in [5.41, 5.74) is 3.02. The number of hydrogen-bond acceptors (Lipinski definition) is 3. The van der Waals surface area contributed by atoms with Gasteiger partial charge in [-0.15, -0.1) is 0 Å². The summed E-state index contributed by atoms with van der Waals surface area (Å²) < 4.78 is 28.3. The third kappa shape index (κ3) is 6.20. The molecule has 140 valence electrons. The molecule has 2 aromatic carbocycles. The van der Waals surface area contributed by atoms with E-state index < -0.39 is 10.0 Å². The largest absolute Gasteiger partial charge is 0.299 e. The molecule has 1 saturated heterocycles. The predicted octanol–water partition coefficient (Wildman–Crippen LogP) is 4.05. The minimum absolute atomic E-state index is 0.00620. The summed E-state index contributed by atoms with van der Waals surface area (Å²) in [6, 6.07) is 15.6. The Hall–Kier alpha value is -1.21. The van der Waals surface area contributed by atoms with Crippen molar-refractivity contribution in [2.75, 3.05) is 13.1 Å². The third-order valence-corrected chi connectivity index (χ3v) is 6.44. The summed E-state index contributed by atoms with van der Waals surface area (Å²) in [5.74, 6) is -0.00620. The van der Waals surface area contributed by atoms with Crippen LogP contribution < -0.4 is 4.72 Å². The molecule has 1 aliphatic rings. The summed E-state index contributed by atoms with van der Waals surface area (Å²) in [4.78, 5) is 2.47. The van der Waals surface area contributed by atoms with Gasteiger partial charge in [-0.3, -0.25) is 4.90 Å². The van der Waals surface area contributed by atoms with E-state index in [2.05, 4.69) is 37.7 Å². The Kier molecular flexibility index (Phi) is 6.86. The molecule has 0 unspecified atom stereocenters. The van der Waals surface area contributed by atoms with Crippen LogP contribution in [-0.4, -0.2) is 26.4 Å². The Labute approximate surface area is 164 Å². The monoisotopic (exact) mass is 436 g/mol. The zero-order valence-corrected chi connectivity index (χ0v) is 17.2. The van der Waals surface area contributed by atoms with Crippen molar-refractivity contribution in [2.24, 2.45) is 0 Å². The molecule has 0 aromatic heterocycles. The first-order chi connectivity index (χ1) is 12.5. The molecule has 0 bridgehead atoms. The molecule has 0 spiro atoms. The Morgan fingerprint density at radius 3 is 2.35 bits per heavy atom. The van der Waals surface area contributed by atoms with Gasteiger partial charge in [0.2, 0.25) is 10.0 Å². The zero-order valence-electron chi connectivity index (χ0n) is 14.8. The maximum absolute atomic E-state index is 12.3. The quantitative estimate of drug-likeness (QED) is 0.711. The molecule has 1 fully saturated rings. The molecule has 6 heteroatoms. The molecule has 0 atom stereocenters. The highest BCUT2D eigenvalue weighted by molar-refractivity contribution is 9.10. The highest BCUT2D eigenvalue weighted by Gasteiger charge is 2.13. The fourth-order valence-electron chi connectivity index (χ4n) is 3.26. The number of halogens is 1. The van der Waals surface area contributed by atoms with Crippen LogP contribution >= 0.6 is 15.9 Å². The van der Waals surface area contributed by atoms with Crippen LogP contribution in [0.3, 0.4) is 0 Å². The Morgan fingerprint density at radius 2 is 1.62 bits per heavy atom. The van der Waals surface area contributed by atoms with E-state index in [-0.39, 0.29) is 5.75 Å². The van der Waals surface area contributed by atoms with E-state index in [1.807, 2.05) is 36.4 Å². The first-order valence-electron chi connectivity index (χ1n) is 9.02. The molecule has 0 aliphatic carbocycles. The van der Waals surface area contributed by atoms with E-state index in [1.54, 1.807) is 0 Å². The number of hydrogen-bond donors (Lipinski definition) is 1. The normalized spacial score (nSPS) is 15.9. The lowest BCUT2D eigenvalue weighted by molar-refractivity contribution is 0.221. The predicted molar refractivity (Wildman–Crippen MR) is 109 cm³/mol. The van der Waals surface area contributed by atoms with Crippen LogP contribution in [-0.2, 0) is 28.9 Å². The van der Waals surface area contributed by atoms with Crippen molar-refractivity contribution in [2.45, 2.75) is 38.1 Å². The smallest absolute Gasteiger partial charge is 0.216 e. The van der Waals surface area contributed by atoms with E-state index in [0.29, 0.717) is 6.54 Å². The van der Waals surface area contributed by atoms with Crippen molar-refractivity contribution in [3.05, 3.63) is 69.7 Å². The topological polar surface area (TPSA) is 49.4 Å². The lowest BCUT2D eigenvalue weighted by Gasteiger charge is -2.26. The summed E-state index contributed by atoms with van der Waals surface area (Å²) >= 11 is 3.36. The average Bonchev–Trinajstić information content (AvgIpc) is 2.63. The lowest BCUT2D eigenvalue weighted by Crippen LogP contribution is -2.29. The molecular weight excluding hydrogens is 412 g/mol. The second-order valence-corrected chi connectivity index (χ2v) is 9.59. The number of nitrogens with one attached hydrogen (secondary N) is 1. The second kappa shape index (κ2) is 9.13. The maximum Gasteiger partial charge on any atom is 0.216 e. The van der Waals surface area contributed by atoms with Gasteiger partial charge in [-0.05, 0) is 54.8 Å². The van der Waals surface area contributed by atoms with Gasteiger partial charge in [-0.2, -0.15) is 0 Å². The van der Waals surface area contributed by atoms with Gasteiger partial charge in [0.05, 0.1) is 5.75 Å². The Bertz CT molecular complexity index is 816. The van der Waals surface area contributed by atoms with E-state index in [0.717, 1.165) is 35.2 Å². The summed E-state index contributed by atoms with van der Waals surface area (Å²) in [5, 5.41) is 0. The molecule has 1 N–H and O–H groups in total. The van der Waals surface area contributed by atoms with Gasteiger partial charge >= 0.3 is 0 Å². The van der Waals surface area contributed by atoms with Gasteiger partial charge in [0.1, 0.15) is 0 Å². The van der Waals surface area contributed by atoms with Crippen LogP contribution in [0.5, 0.6) is 0 Å². The zero-order chi connectivity index (χ0) is 18.4. The van der Waals surface area contributed by atoms with Crippen LogP contribution in [0, 0.1) is 0 Å². The maximum atomic E-state index is 12.3. The third-order valence-electron chi connectivity index (χ3n) is 4.61. The molecule has 2 aromatic rings. The van der Waals surface area contributed by atoms with E-state index in [9.17, 15) is 8.42 Å². The van der Waals surface area contributed by atoms with Crippen molar-refractivity contribution in [3.8, 4) is 0 Å².